The zero-order valence-corrected chi connectivity index (χ0v) is 12.9. The van der Waals surface area contributed by atoms with Gasteiger partial charge in [-0.15, -0.1) is 11.3 Å². The van der Waals surface area contributed by atoms with Gasteiger partial charge in [-0.2, -0.15) is 0 Å². The summed E-state index contributed by atoms with van der Waals surface area (Å²) in [4.78, 5) is 5.30. The summed E-state index contributed by atoms with van der Waals surface area (Å²) in [7, 11) is 0. The Hall–Kier alpha value is -0.910. The topological polar surface area (TPSA) is 24.9 Å². The van der Waals surface area contributed by atoms with Crippen molar-refractivity contribution in [3.05, 3.63) is 41.2 Å². The lowest BCUT2D eigenvalue weighted by molar-refractivity contribution is 0.422. The van der Waals surface area contributed by atoms with Gasteiger partial charge in [0.1, 0.15) is 5.82 Å². The molecule has 2 rings (SSSR count). The number of hydrogen-bond donors (Lipinski definition) is 1. The lowest BCUT2D eigenvalue weighted by Crippen LogP contribution is -2.35. The van der Waals surface area contributed by atoms with Gasteiger partial charge in [0.25, 0.3) is 0 Å². The molecule has 1 aromatic carbocycles. The second-order valence-electron chi connectivity index (χ2n) is 5.26. The van der Waals surface area contributed by atoms with Crippen LogP contribution in [-0.4, -0.2) is 10.5 Å². The first kappa shape index (κ1) is 14.5. The van der Waals surface area contributed by atoms with Crippen molar-refractivity contribution in [3.8, 4) is 0 Å². The fourth-order valence-electron chi connectivity index (χ4n) is 1.50. The van der Waals surface area contributed by atoms with Crippen LogP contribution in [0.2, 0.25) is 0 Å². The predicted octanol–water partition coefficient (Wildman–Crippen LogP) is 4.32. The number of rotatable bonds is 4. The van der Waals surface area contributed by atoms with E-state index < -0.39 is 0 Å². The molecule has 0 bridgehead atoms. The van der Waals surface area contributed by atoms with Crippen LogP contribution in [0.3, 0.4) is 0 Å². The Morgan fingerprint density at radius 3 is 2.79 bits per heavy atom. The van der Waals surface area contributed by atoms with Crippen LogP contribution < -0.4 is 5.32 Å². The smallest absolute Gasteiger partial charge is 0.154 e. The molecule has 0 unspecified atom stereocenters. The van der Waals surface area contributed by atoms with Crippen LogP contribution in [0.5, 0.6) is 0 Å². The van der Waals surface area contributed by atoms with Crippen LogP contribution in [-0.2, 0) is 6.54 Å². The first-order valence-electron chi connectivity index (χ1n) is 6.05. The molecule has 0 fully saturated rings. The van der Waals surface area contributed by atoms with E-state index in [0.29, 0.717) is 6.54 Å². The zero-order chi connectivity index (χ0) is 13.9. The Morgan fingerprint density at radius 1 is 1.37 bits per heavy atom. The zero-order valence-electron chi connectivity index (χ0n) is 11.2. The Balaban J connectivity index is 2.18. The minimum atomic E-state index is -0.200. The molecule has 2 nitrogen and oxygen atoms in total. The molecule has 0 atom stereocenters. The molecule has 0 spiro atoms. The highest BCUT2D eigenvalue weighted by Gasteiger charge is 2.12. The molecule has 0 amide bonds. The van der Waals surface area contributed by atoms with Gasteiger partial charge in [-0.05, 0) is 44.5 Å². The normalized spacial score (nSPS) is 11.8. The lowest BCUT2D eigenvalue weighted by Gasteiger charge is -2.21. The molecule has 1 heterocycles. The van der Waals surface area contributed by atoms with Gasteiger partial charge in [0, 0.05) is 28.6 Å². The number of nitrogens with one attached hydrogen (secondary N) is 1. The van der Waals surface area contributed by atoms with Gasteiger partial charge in [0.05, 0.1) is 0 Å². The molecule has 102 valence electrons. The maximum Gasteiger partial charge on any atom is 0.154 e. The predicted molar refractivity (Wildman–Crippen MR) is 79.2 cm³/mol. The Kier molecular flexibility index (Phi) is 4.60. The third-order valence-corrected chi connectivity index (χ3v) is 4.44. The quantitative estimate of drug-likeness (QED) is 0.909. The van der Waals surface area contributed by atoms with E-state index in [2.05, 4.69) is 31.1 Å². The first-order valence-corrected chi connectivity index (χ1v) is 7.74. The summed E-state index contributed by atoms with van der Waals surface area (Å²) in [5, 5.41) is 5.33. The Morgan fingerprint density at radius 2 is 2.16 bits per heavy atom. The van der Waals surface area contributed by atoms with Gasteiger partial charge < -0.3 is 5.32 Å². The first-order chi connectivity index (χ1) is 8.94. The van der Waals surface area contributed by atoms with Crippen molar-refractivity contribution in [3.63, 3.8) is 0 Å². The standard InChI is InChI=1S/C14H17FN2S2/c1-14(2,3)17-9-10-8-11(15)4-5-12(10)19-13-16-6-7-18-13/h4-8,17H,9H2,1-3H3. The molecule has 1 N–H and O–H groups in total. The fourth-order valence-corrected chi connectivity index (χ4v) is 3.19. The molecule has 0 radical (unpaired) electrons. The lowest BCUT2D eigenvalue weighted by atomic mass is 10.1. The number of benzene rings is 1. The molecular formula is C14H17FN2S2. The Labute approximate surface area is 121 Å². The van der Waals surface area contributed by atoms with E-state index in [1.165, 1.54) is 6.07 Å². The third kappa shape index (κ3) is 4.60. The van der Waals surface area contributed by atoms with Gasteiger partial charge in [0.15, 0.2) is 4.34 Å². The highest BCUT2D eigenvalue weighted by Crippen LogP contribution is 2.32. The Bertz CT molecular complexity index is 533. The summed E-state index contributed by atoms with van der Waals surface area (Å²) >= 11 is 3.17. The molecule has 0 saturated heterocycles. The van der Waals surface area contributed by atoms with Crippen molar-refractivity contribution < 1.29 is 4.39 Å². The second kappa shape index (κ2) is 6.03. The summed E-state index contributed by atoms with van der Waals surface area (Å²) in [5.74, 6) is -0.200. The van der Waals surface area contributed by atoms with Crippen molar-refractivity contribution in [2.45, 2.75) is 42.1 Å². The molecule has 0 aliphatic heterocycles. The van der Waals surface area contributed by atoms with Gasteiger partial charge >= 0.3 is 0 Å². The molecule has 0 saturated carbocycles. The van der Waals surface area contributed by atoms with Crippen LogP contribution in [0.25, 0.3) is 0 Å². The summed E-state index contributed by atoms with van der Waals surface area (Å²) in [6, 6.07) is 4.91. The molecular weight excluding hydrogens is 279 g/mol. The maximum atomic E-state index is 13.4. The van der Waals surface area contributed by atoms with Crippen molar-refractivity contribution >= 4 is 23.1 Å². The van der Waals surface area contributed by atoms with Gasteiger partial charge in [-0.25, -0.2) is 9.37 Å². The van der Waals surface area contributed by atoms with Crippen molar-refractivity contribution in [2.24, 2.45) is 0 Å². The van der Waals surface area contributed by atoms with E-state index in [4.69, 9.17) is 0 Å². The molecule has 5 heteroatoms. The number of thiazole rings is 1. The van der Waals surface area contributed by atoms with Crippen LogP contribution in [0.1, 0.15) is 26.3 Å². The summed E-state index contributed by atoms with van der Waals surface area (Å²) in [6.07, 6.45) is 1.78. The number of nitrogens with zero attached hydrogens (tertiary/aromatic N) is 1. The molecule has 2 aromatic rings. The minimum Gasteiger partial charge on any atom is -0.308 e. The molecule has 0 aliphatic carbocycles. The van der Waals surface area contributed by atoms with Crippen molar-refractivity contribution in [1.82, 2.24) is 10.3 Å². The van der Waals surface area contributed by atoms with Crippen LogP contribution >= 0.6 is 23.1 Å². The molecule has 0 aliphatic rings. The second-order valence-corrected chi connectivity index (χ2v) is 7.44. The third-order valence-electron chi connectivity index (χ3n) is 2.44. The van der Waals surface area contributed by atoms with E-state index in [1.807, 2.05) is 11.4 Å². The van der Waals surface area contributed by atoms with Gasteiger partial charge in [-0.1, -0.05) is 11.8 Å². The minimum absolute atomic E-state index is 0.00936. The van der Waals surface area contributed by atoms with Crippen LogP contribution in [0.15, 0.2) is 39.0 Å². The van der Waals surface area contributed by atoms with E-state index >= 15 is 0 Å². The highest BCUT2D eigenvalue weighted by atomic mass is 32.2. The highest BCUT2D eigenvalue weighted by molar-refractivity contribution is 8.01. The SMILES string of the molecule is CC(C)(C)NCc1cc(F)ccc1Sc1nccs1. The summed E-state index contributed by atoms with van der Waals surface area (Å²) in [6.45, 7) is 6.94. The van der Waals surface area contributed by atoms with Crippen molar-refractivity contribution in [2.75, 3.05) is 0 Å². The van der Waals surface area contributed by atoms with E-state index in [9.17, 15) is 4.39 Å². The average molecular weight is 296 g/mol. The average Bonchev–Trinajstić information content (AvgIpc) is 2.81. The van der Waals surface area contributed by atoms with Gasteiger partial charge in [-0.3, -0.25) is 0 Å². The number of aromatic nitrogens is 1. The number of hydrogen-bond acceptors (Lipinski definition) is 4. The summed E-state index contributed by atoms with van der Waals surface area (Å²) in [5.41, 5.74) is 0.977. The molecule has 19 heavy (non-hydrogen) atoms. The van der Waals surface area contributed by atoms with Gasteiger partial charge in [0.2, 0.25) is 0 Å². The van der Waals surface area contributed by atoms with E-state index in [-0.39, 0.29) is 11.4 Å². The van der Waals surface area contributed by atoms with Crippen LogP contribution in [0, 0.1) is 5.82 Å². The fraction of sp³-hybridized carbons (Fsp3) is 0.357. The number of halogens is 1. The summed E-state index contributed by atoms with van der Waals surface area (Å²) < 4.78 is 14.4. The van der Waals surface area contributed by atoms with E-state index in [0.717, 1.165) is 14.8 Å². The van der Waals surface area contributed by atoms with Crippen LogP contribution in [0.4, 0.5) is 4.39 Å². The monoisotopic (exact) mass is 296 g/mol. The molecule has 1 aromatic heterocycles. The van der Waals surface area contributed by atoms with Crippen molar-refractivity contribution in [1.29, 1.82) is 0 Å². The van der Waals surface area contributed by atoms with E-state index in [1.54, 1.807) is 35.4 Å². The maximum absolute atomic E-state index is 13.4. The largest absolute Gasteiger partial charge is 0.308 e.